The third-order valence-corrected chi connectivity index (χ3v) is 2.99. The van der Waals surface area contributed by atoms with Crippen LogP contribution in [0.1, 0.15) is 31.9 Å². The molecular weight excluding hydrogens is 246 g/mol. The molecule has 0 aromatic heterocycles. The van der Waals surface area contributed by atoms with E-state index in [0.717, 1.165) is 0 Å². The van der Waals surface area contributed by atoms with Gasteiger partial charge < -0.3 is 11.1 Å². The van der Waals surface area contributed by atoms with Crippen LogP contribution in [0.25, 0.3) is 0 Å². The quantitative estimate of drug-likeness (QED) is 0.604. The average Bonchev–Trinajstić information content (AvgIpc) is 2.39. The normalized spacial score (nSPS) is 13.6. The second kappa shape index (κ2) is 6.84. The van der Waals surface area contributed by atoms with Crippen LogP contribution in [0, 0.1) is 16.0 Å². The second-order valence-corrected chi connectivity index (χ2v) is 4.56. The fraction of sp³-hybridized carbons (Fsp3) is 0.462. The van der Waals surface area contributed by atoms with E-state index in [0.29, 0.717) is 18.5 Å². The molecule has 2 atom stereocenters. The largest absolute Gasteiger partial charge is 0.349 e. The lowest BCUT2D eigenvalue weighted by molar-refractivity contribution is -0.384. The number of carbonyl (C=O) groups is 1. The Bertz CT molecular complexity index is 462. The summed E-state index contributed by atoms with van der Waals surface area (Å²) >= 11 is 0. The first-order chi connectivity index (χ1) is 8.95. The summed E-state index contributed by atoms with van der Waals surface area (Å²) in [7, 11) is 0. The van der Waals surface area contributed by atoms with Crippen LogP contribution in [-0.4, -0.2) is 17.4 Å². The topological polar surface area (TPSA) is 98.3 Å². The number of hydrogen-bond acceptors (Lipinski definition) is 4. The minimum atomic E-state index is -0.449. The fourth-order valence-corrected chi connectivity index (χ4v) is 1.73. The molecule has 0 spiro atoms. The Morgan fingerprint density at radius 3 is 2.74 bits per heavy atom. The minimum absolute atomic E-state index is 0.0219. The van der Waals surface area contributed by atoms with Crippen molar-refractivity contribution in [1.82, 2.24) is 5.32 Å². The fourth-order valence-electron chi connectivity index (χ4n) is 1.73. The summed E-state index contributed by atoms with van der Waals surface area (Å²) in [5, 5.41) is 13.5. The monoisotopic (exact) mass is 265 g/mol. The van der Waals surface area contributed by atoms with Crippen LogP contribution < -0.4 is 11.1 Å². The molecule has 2 unspecified atom stereocenters. The summed E-state index contributed by atoms with van der Waals surface area (Å²) in [6.07, 6.45) is 0.619. The first-order valence-electron chi connectivity index (χ1n) is 6.20. The highest BCUT2D eigenvalue weighted by molar-refractivity contribution is 5.78. The molecule has 3 N–H and O–H groups in total. The molecule has 0 aliphatic rings. The van der Waals surface area contributed by atoms with Crippen molar-refractivity contribution in [3.05, 3.63) is 39.9 Å². The molecule has 0 aliphatic carbocycles. The van der Waals surface area contributed by atoms with Gasteiger partial charge in [-0.3, -0.25) is 14.9 Å². The molecule has 0 aliphatic heterocycles. The zero-order valence-electron chi connectivity index (χ0n) is 11.1. The first-order valence-corrected chi connectivity index (χ1v) is 6.20. The van der Waals surface area contributed by atoms with Gasteiger partial charge in [-0.15, -0.1) is 0 Å². The summed E-state index contributed by atoms with van der Waals surface area (Å²) in [6, 6.07) is 5.99. The smallest absolute Gasteiger partial charge is 0.269 e. The summed E-state index contributed by atoms with van der Waals surface area (Å²) in [5.41, 5.74) is 6.14. The number of nitro benzene ring substituents is 1. The number of nitrogens with two attached hydrogens (primary N) is 1. The maximum atomic E-state index is 11.8. The molecule has 0 saturated heterocycles. The Balaban J connectivity index is 2.72. The lowest BCUT2D eigenvalue weighted by atomic mass is 10.0. The van der Waals surface area contributed by atoms with Crippen LogP contribution in [0.15, 0.2) is 24.3 Å². The molecule has 1 rings (SSSR count). The number of non-ortho nitro benzene ring substituents is 1. The van der Waals surface area contributed by atoms with E-state index in [1.54, 1.807) is 19.1 Å². The number of nitrogens with one attached hydrogen (secondary N) is 1. The highest BCUT2D eigenvalue weighted by Crippen LogP contribution is 2.19. The van der Waals surface area contributed by atoms with Crippen LogP contribution in [0.2, 0.25) is 0 Å². The number of nitrogens with zero attached hydrogens (tertiary/aromatic N) is 1. The number of rotatable bonds is 6. The standard InChI is InChI=1S/C13H19N3O3/c1-9(6-7-14)13(17)15-10(2)11-4-3-5-12(8-11)16(18)19/h3-5,8-10H,6-7,14H2,1-2H3,(H,15,17). The Morgan fingerprint density at radius 2 is 2.16 bits per heavy atom. The van der Waals surface area contributed by atoms with Gasteiger partial charge in [-0.05, 0) is 25.5 Å². The van der Waals surface area contributed by atoms with Gasteiger partial charge in [0.05, 0.1) is 11.0 Å². The van der Waals surface area contributed by atoms with Gasteiger partial charge in [0.1, 0.15) is 0 Å². The van der Waals surface area contributed by atoms with Gasteiger partial charge >= 0.3 is 0 Å². The van der Waals surface area contributed by atoms with Gasteiger partial charge in [-0.25, -0.2) is 0 Å². The third-order valence-electron chi connectivity index (χ3n) is 2.99. The van der Waals surface area contributed by atoms with E-state index in [4.69, 9.17) is 5.73 Å². The van der Waals surface area contributed by atoms with E-state index in [1.807, 2.05) is 6.92 Å². The van der Waals surface area contributed by atoms with Gasteiger partial charge in [-0.1, -0.05) is 19.1 Å². The number of benzene rings is 1. The summed E-state index contributed by atoms with van der Waals surface area (Å²) < 4.78 is 0. The maximum absolute atomic E-state index is 11.8. The molecule has 19 heavy (non-hydrogen) atoms. The molecule has 0 fully saturated rings. The summed E-state index contributed by atoms with van der Waals surface area (Å²) in [5.74, 6) is -0.254. The van der Waals surface area contributed by atoms with Crippen LogP contribution in [-0.2, 0) is 4.79 Å². The van der Waals surface area contributed by atoms with Crippen molar-refractivity contribution in [3.63, 3.8) is 0 Å². The third kappa shape index (κ3) is 4.33. The molecule has 6 nitrogen and oxygen atoms in total. The molecular formula is C13H19N3O3. The molecule has 1 amide bonds. The molecule has 104 valence electrons. The first kappa shape index (κ1) is 15.1. The average molecular weight is 265 g/mol. The Hall–Kier alpha value is -1.95. The Morgan fingerprint density at radius 1 is 1.47 bits per heavy atom. The van der Waals surface area contributed by atoms with E-state index < -0.39 is 4.92 Å². The van der Waals surface area contributed by atoms with Gasteiger partial charge in [0.15, 0.2) is 0 Å². The van der Waals surface area contributed by atoms with E-state index in [9.17, 15) is 14.9 Å². The van der Waals surface area contributed by atoms with Gasteiger partial charge in [0.25, 0.3) is 5.69 Å². The molecule has 1 aromatic rings. The lowest BCUT2D eigenvalue weighted by Gasteiger charge is -2.17. The molecule has 0 saturated carbocycles. The van der Waals surface area contributed by atoms with Crippen molar-refractivity contribution in [2.45, 2.75) is 26.3 Å². The van der Waals surface area contributed by atoms with Gasteiger partial charge in [0.2, 0.25) is 5.91 Å². The van der Waals surface area contributed by atoms with Gasteiger partial charge in [0, 0.05) is 18.1 Å². The van der Waals surface area contributed by atoms with Crippen molar-refractivity contribution in [3.8, 4) is 0 Å². The van der Waals surface area contributed by atoms with Crippen molar-refractivity contribution >= 4 is 11.6 Å². The van der Waals surface area contributed by atoms with Crippen LogP contribution in [0.3, 0.4) is 0 Å². The summed E-state index contributed by atoms with van der Waals surface area (Å²) in [4.78, 5) is 22.1. The second-order valence-electron chi connectivity index (χ2n) is 4.56. The zero-order chi connectivity index (χ0) is 14.4. The zero-order valence-corrected chi connectivity index (χ0v) is 11.1. The minimum Gasteiger partial charge on any atom is -0.349 e. The van der Waals surface area contributed by atoms with Crippen molar-refractivity contribution in [2.75, 3.05) is 6.54 Å². The van der Waals surface area contributed by atoms with Crippen molar-refractivity contribution < 1.29 is 9.72 Å². The lowest BCUT2D eigenvalue weighted by Crippen LogP contribution is -2.32. The number of amides is 1. The number of hydrogen-bond donors (Lipinski definition) is 2. The molecule has 0 radical (unpaired) electrons. The molecule has 6 heteroatoms. The maximum Gasteiger partial charge on any atom is 0.269 e. The van der Waals surface area contributed by atoms with E-state index in [-0.39, 0.29) is 23.6 Å². The molecule has 0 heterocycles. The molecule has 1 aromatic carbocycles. The predicted octanol–water partition coefficient (Wildman–Crippen LogP) is 1.76. The summed E-state index contributed by atoms with van der Waals surface area (Å²) in [6.45, 7) is 4.06. The predicted molar refractivity (Wildman–Crippen MR) is 72.5 cm³/mol. The SMILES string of the molecule is CC(CCN)C(=O)NC(C)c1cccc([N+](=O)[O-])c1. The van der Waals surface area contributed by atoms with E-state index in [1.165, 1.54) is 12.1 Å². The highest BCUT2D eigenvalue weighted by Gasteiger charge is 2.16. The molecule has 0 bridgehead atoms. The van der Waals surface area contributed by atoms with E-state index >= 15 is 0 Å². The van der Waals surface area contributed by atoms with Crippen molar-refractivity contribution in [1.29, 1.82) is 0 Å². The van der Waals surface area contributed by atoms with E-state index in [2.05, 4.69) is 5.32 Å². The van der Waals surface area contributed by atoms with Crippen LogP contribution in [0.4, 0.5) is 5.69 Å². The number of carbonyl (C=O) groups excluding carboxylic acids is 1. The number of nitro groups is 1. The van der Waals surface area contributed by atoms with Crippen molar-refractivity contribution in [2.24, 2.45) is 11.7 Å². The Labute approximate surface area is 112 Å². The Kier molecular flexibility index (Phi) is 5.44. The van der Waals surface area contributed by atoms with Crippen LogP contribution >= 0.6 is 0 Å². The highest BCUT2D eigenvalue weighted by atomic mass is 16.6. The van der Waals surface area contributed by atoms with Crippen LogP contribution in [0.5, 0.6) is 0 Å². The van der Waals surface area contributed by atoms with Gasteiger partial charge in [-0.2, -0.15) is 0 Å².